The van der Waals surface area contributed by atoms with Gasteiger partial charge >= 0.3 is 0 Å². The monoisotopic (exact) mass is 261 g/mol. The second-order valence-corrected chi connectivity index (χ2v) is 5.57. The van der Waals surface area contributed by atoms with Crippen molar-refractivity contribution in [3.8, 4) is 0 Å². The molecule has 1 amide bonds. The van der Waals surface area contributed by atoms with Crippen molar-refractivity contribution in [3.05, 3.63) is 29.3 Å². The summed E-state index contributed by atoms with van der Waals surface area (Å²) in [6.45, 7) is 4.03. The van der Waals surface area contributed by atoms with Crippen molar-refractivity contribution in [2.24, 2.45) is 0 Å². The Balaban J connectivity index is 2.14. The molecule has 1 atom stereocenters. The van der Waals surface area contributed by atoms with Crippen molar-refractivity contribution >= 4 is 11.6 Å². The van der Waals surface area contributed by atoms with Gasteiger partial charge in [-0.3, -0.25) is 4.79 Å². The highest BCUT2D eigenvalue weighted by Gasteiger charge is 2.25. The number of nitrogens with two attached hydrogens (primary N) is 1. The molecule has 1 heterocycles. The smallest absolute Gasteiger partial charge is 0.255 e. The maximum absolute atomic E-state index is 12.5. The Morgan fingerprint density at radius 3 is 2.84 bits per heavy atom. The number of amides is 1. The zero-order valence-corrected chi connectivity index (χ0v) is 12.0. The Bertz CT molecular complexity index is 472. The topological polar surface area (TPSA) is 49.6 Å². The quantitative estimate of drug-likeness (QED) is 0.825. The number of benzene rings is 1. The average Bonchev–Trinajstić information content (AvgIpc) is 2.37. The summed E-state index contributed by atoms with van der Waals surface area (Å²) in [4.78, 5) is 16.6. The molecule has 0 bridgehead atoms. The summed E-state index contributed by atoms with van der Waals surface area (Å²) in [7, 11) is 3.98. The zero-order valence-electron chi connectivity index (χ0n) is 12.0. The van der Waals surface area contributed by atoms with Crippen LogP contribution in [0.4, 0.5) is 5.69 Å². The van der Waals surface area contributed by atoms with Crippen LogP contribution >= 0.6 is 0 Å². The number of aryl methyl sites for hydroxylation is 1. The Morgan fingerprint density at radius 1 is 1.47 bits per heavy atom. The normalized spacial score (nSPS) is 20.3. The largest absolute Gasteiger partial charge is 0.398 e. The van der Waals surface area contributed by atoms with E-state index in [0.29, 0.717) is 11.3 Å². The first-order valence-corrected chi connectivity index (χ1v) is 6.81. The van der Waals surface area contributed by atoms with Gasteiger partial charge in [0.05, 0.1) is 5.56 Å². The lowest BCUT2D eigenvalue weighted by Gasteiger charge is -2.36. The first-order chi connectivity index (χ1) is 8.99. The van der Waals surface area contributed by atoms with Crippen molar-refractivity contribution in [1.29, 1.82) is 0 Å². The van der Waals surface area contributed by atoms with Crippen molar-refractivity contribution < 1.29 is 4.79 Å². The van der Waals surface area contributed by atoms with Gasteiger partial charge in [-0.2, -0.15) is 0 Å². The molecule has 0 saturated carbocycles. The summed E-state index contributed by atoms with van der Waals surface area (Å²) < 4.78 is 0. The molecule has 0 spiro atoms. The Kier molecular flexibility index (Phi) is 4.10. The van der Waals surface area contributed by atoms with Gasteiger partial charge in [-0.05, 0) is 51.1 Å². The average molecular weight is 261 g/mol. The van der Waals surface area contributed by atoms with E-state index in [2.05, 4.69) is 11.9 Å². The van der Waals surface area contributed by atoms with Crippen LogP contribution in [-0.4, -0.2) is 48.9 Å². The molecule has 1 aliphatic rings. The van der Waals surface area contributed by atoms with E-state index < -0.39 is 0 Å². The summed E-state index contributed by atoms with van der Waals surface area (Å²) in [6, 6.07) is 5.90. The van der Waals surface area contributed by atoms with Crippen molar-refractivity contribution in [1.82, 2.24) is 9.80 Å². The second kappa shape index (κ2) is 5.61. The van der Waals surface area contributed by atoms with Crippen LogP contribution in [0.2, 0.25) is 0 Å². The molecule has 2 N–H and O–H groups in total. The van der Waals surface area contributed by atoms with Crippen molar-refractivity contribution in [2.75, 3.05) is 32.9 Å². The van der Waals surface area contributed by atoms with Gasteiger partial charge in [-0.1, -0.05) is 6.07 Å². The van der Waals surface area contributed by atoms with Crippen LogP contribution in [0.3, 0.4) is 0 Å². The lowest BCUT2D eigenvalue weighted by atomic mass is 10.0. The number of hydrogen-bond acceptors (Lipinski definition) is 3. The van der Waals surface area contributed by atoms with Crippen LogP contribution in [0.15, 0.2) is 18.2 Å². The molecule has 4 nitrogen and oxygen atoms in total. The lowest BCUT2D eigenvalue weighted by molar-refractivity contribution is 0.0645. The molecule has 2 rings (SSSR count). The minimum atomic E-state index is 0.0257. The number of hydrogen-bond donors (Lipinski definition) is 1. The van der Waals surface area contributed by atoms with E-state index in [1.54, 1.807) is 0 Å². The number of anilines is 1. The first-order valence-electron chi connectivity index (χ1n) is 6.81. The van der Waals surface area contributed by atoms with E-state index in [-0.39, 0.29) is 11.9 Å². The predicted molar refractivity (Wildman–Crippen MR) is 78.2 cm³/mol. The molecule has 1 aromatic carbocycles. The van der Waals surface area contributed by atoms with Gasteiger partial charge in [0.25, 0.3) is 5.91 Å². The number of carbonyl (C=O) groups excluding carboxylic acids is 1. The fraction of sp³-hybridized carbons (Fsp3) is 0.533. The minimum absolute atomic E-state index is 0.0257. The molecule has 1 aliphatic heterocycles. The Labute approximate surface area is 115 Å². The van der Waals surface area contributed by atoms with Gasteiger partial charge < -0.3 is 15.5 Å². The number of nitrogens with zero attached hydrogens (tertiary/aromatic N) is 2. The molecule has 0 aliphatic carbocycles. The highest BCUT2D eigenvalue weighted by molar-refractivity contribution is 5.99. The highest BCUT2D eigenvalue weighted by atomic mass is 16.2. The van der Waals surface area contributed by atoms with E-state index in [0.717, 1.165) is 31.5 Å². The van der Waals surface area contributed by atoms with E-state index >= 15 is 0 Å². The van der Waals surface area contributed by atoms with Crippen LogP contribution < -0.4 is 5.73 Å². The van der Waals surface area contributed by atoms with Gasteiger partial charge in [0.1, 0.15) is 0 Å². The highest BCUT2D eigenvalue weighted by Crippen LogP contribution is 2.20. The van der Waals surface area contributed by atoms with Crippen LogP contribution in [0.25, 0.3) is 0 Å². The van der Waals surface area contributed by atoms with E-state index in [1.165, 1.54) is 0 Å². The minimum Gasteiger partial charge on any atom is -0.398 e. The van der Waals surface area contributed by atoms with Crippen molar-refractivity contribution in [2.45, 2.75) is 25.8 Å². The van der Waals surface area contributed by atoms with Gasteiger partial charge in [-0.15, -0.1) is 0 Å². The Hall–Kier alpha value is -1.55. The summed E-state index contributed by atoms with van der Waals surface area (Å²) in [5.41, 5.74) is 8.22. The third-order valence-electron chi connectivity index (χ3n) is 3.91. The molecule has 1 fully saturated rings. The molecule has 1 saturated heterocycles. The van der Waals surface area contributed by atoms with Crippen LogP contribution in [0, 0.1) is 6.92 Å². The maximum atomic E-state index is 12.5. The maximum Gasteiger partial charge on any atom is 0.255 e. The number of nitrogen functional groups attached to an aromatic ring is 1. The van der Waals surface area contributed by atoms with Gasteiger partial charge in [0, 0.05) is 25.3 Å². The predicted octanol–water partition coefficient (Wildman–Crippen LogP) is 1.74. The lowest BCUT2D eigenvalue weighted by Crippen LogP contribution is -2.47. The fourth-order valence-corrected chi connectivity index (χ4v) is 2.69. The van der Waals surface area contributed by atoms with Gasteiger partial charge in [0.15, 0.2) is 0 Å². The second-order valence-electron chi connectivity index (χ2n) is 5.57. The van der Waals surface area contributed by atoms with Crippen LogP contribution in [-0.2, 0) is 0 Å². The zero-order chi connectivity index (χ0) is 14.0. The van der Waals surface area contributed by atoms with Crippen LogP contribution in [0.1, 0.15) is 28.8 Å². The number of likely N-dealkylation sites (tertiary alicyclic amines) is 1. The molecule has 104 valence electrons. The van der Waals surface area contributed by atoms with Gasteiger partial charge in [0.2, 0.25) is 0 Å². The molecule has 0 radical (unpaired) electrons. The fourth-order valence-electron chi connectivity index (χ4n) is 2.69. The molecule has 19 heavy (non-hydrogen) atoms. The summed E-state index contributed by atoms with van der Waals surface area (Å²) >= 11 is 0. The first kappa shape index (κ1) is 13.9. The number of rotatable bonds is 2. The number of piperidine rings is 1. The number of carbonyl (C=O) groups is 1. The summed E-state index contributed by atoms with van der Waals surface area (Å²) in [5, 5.41) is 0. The molecular formula is C15H23N3O. The van der Waals surface area contributed by atoms with Gasteiger partial charge in [-0.25, -0.2) is 0 Å². The molecule has 4 heteroatoms. The SMILES string of the molecule is Cc1ccc(C(=O)N(C)C2CCCN(C)C2)c(N)c1. The van der Waals surface area contributed by atoms with Crippen molar-refractivity contribution in [3.63, 3.8) is 0 Å². The summed E-state index contributed by atoms with van der Waals surface area (Å²) in [6.07, 6.45) is 2.21. The number of likely N-dealkylation sites (N-methyl/N-ethyl adjacent to an activating group) is 2. The molecule has 1 aromatic rings. The molecular weight excluding hydrogens is 238 g/mol. The Morgan fingerprint density at radius 2 is 2.21 bits per heavy atom. The summed E-state index contributed by atoms with van der Waals surface area (Å²) in [5.74, 6) is 0.0257. The third kappa shape index (κ3) is 3.07. The van der Waals surface area contributed by atoms with E-state index in [9.17, 15) is 4.79 Å². The van der Waals surface area contributed by atoms with E-state index in [4.69, 9.17) is 5.73 Å². The van der Waals surface area contributed by atoms with E-state index in [1.807, 2.05) is 37.1 Å². The molecule has 0 aromatic heterocycles. The molecule has 1 unspecified atom stereocenters. The van der Waals surface area contributed by atoms with Crippen LogP contribution in [0.5, 0.6) is 0 Å². The standard InChI is InChI=1S/C15H23N3O/c1-11-6-7-13(14(16)9-11)15(19)18(3)12-5-4-8-17(2)10-12/h6-7,9,12H,4-5,8,10,16H2,1-3H3. The third-order valence-corrected chi connectivity index (χ3v) is 3.91.